The summed E-state index contributed by atoms with van der Waals surface area (Å²) in [5, 5.41) is 13.8. The fourth-order valence-corrected chi connectivity index (χ4v) is 2.95. The highest BCUT2D eigenvalue weighted by molar-refractivity contribution is 5.80. The van der Waals surface area contributed by atoms with Crippen molar-refractivity contribution in [2.75, 3.05) is 12.3 Å². The van der Waals surface area contributed by atoms with Gasteiger partial charge in [-0.3, -0.25) is 9.48 Å². The first-order valence-corrected chi connectivity index (χ1v) is 7.54. The zero-order chi connectivity index (χ0) is 16.6. The summed E-state index contributed by atoms with van der Waals surface area (Å²) in [6.07, 6.45) is 4.26. The van der Waals surface area contributed by atoms with Crippen LogP contribution in [0.15, 0.2) is 12.4 Å². The third-order valence-electron chi connectivity index (χ3n) is 4.18. The molecule has 1 aliphatic heterocycles. The molecule has 1 amide bonds. The van der Waals surface area contributed by atoms with Gasteiger partial charge >= 0.3 is 0 Å². The van der Waals surface area contributed by atoms with Crippen LogP contribution < -0.4 is 5.73 Å². The number of rotatable bonds is 2. The van der Waals surface area contributed by atoms with E-state index in [2.05, 4.69) is 16.2 Å². The van der Waals surface area contributed by atoms with Gasteiger partial charge < -0.3 is 10.6 Å². The Hall–Kier alpha value is -2.88. The van der Waals surface area contributed by atoms with Gasteiger partial charge in [0.2, 0.25) is 5.91 Å². The zero-order valence-corrected chi connectivity index (χ0v) is 13.2. The summed E-state index contributed by atoms with van der Waals surface area (Å²) in [7, 11) is 0. The average molecular weight is 310 g/mol. The number of aryl methyl sites for hydroxylation is 1. The van der Waals surface area contributed by atoms with Crippen molar-refractivity contribution in [3.8, 4) is 17.2 Å². The Balaban J connectivity index is 2.22. The Morgan fingerprint density at radius 2 is 2.30 bits per heavy atom. The summed E-state index contributed by atoms with van der Waals surface area (Å²) in [6.45, 7) is 5.35. The number of anilines is 1. The molecule has 3 heterocycles. The molecule has 118 valence electrons. The molecule has 0 aliphatic carbocycles. The van der Waals surface area contributed by atoms with E-state index in [1.807, 2.05) is 13.1 Å². The van der Waals surface area contributed by atoms with E-state index in [0.717, 1.165) is 28.9 Å². The number of hydrogen-bond acceptors (Lipinski definition) is 5. The molecule has 0 radical (unpaired) electrons. The second kappa shape index (κ2) is 5.72. The Morgan fingerprint density at radius 1 is 1.52 bits per heavy atom. The maximum Gasteiger partial charge on any atom is 0.219 e. The largest absolute Gasteiger partial charge is 0.383 e. The summed E-state index contributed by atoms with van der Waals surface area (Å²) in [5.41, 5.74) is 9.68. The second-order valence-electron chi connectivity index (χ2n) is 5.56. The molecular formula is C16H18N6O. The van der Waals surface area contributed by atoms with Crippen LogP contribution in [-0.4, -0.2) is 32.1 Å². The zero-order valence-electron chi connectivity index (χ0n) is 13.2. The van der Waals surface area contributed by atoms with Crippen LogP contribution in [0.2, 0.25) is 0 Å². The van der Waals surface area contributed by atoms with Gasteiger partial charge in [-0.15, -0.1) is 0 Å². The number of nitriles is 1. The lowest BCUT2D eigenvalue weighted by atomic mass is 9.92. The summed E-state index contributed by atoms with van der Waals surface area (Å²) >= 11 is 0. The molecule has 0 bridgehead atoms. The van der Waals surface area contributed by atoms with Crippen molar-refractivity contribution in [2.45, 2.75) is 33.4 Å². The lowest BCUT2D eigenvalue weighted by Gasteiger charge is -2.29. The number of fused-ring (bicyclic) bond motifs is 1. The smallest absolute Gasteiger partial charge is 0.219 e. The van der Waals surface area contributed by atoms with Crippen molar-refractivity contribution >= 4 is 11.7 Å². The molecule has 3 rings (SSSR count). The molecule has 0 saturated carbocycles. The molecule has 0 atom stereocenters. The predicted molar refractivity (Wildman–Crippen MR) is 85.1 cm³/mol. The number of nitrogens with zero attached hydrogens (tertiary/aromatic N) is 5. The number of carbonyl (C=O) groups is 1. The number of nitrogens with two attached hydrogens (primary N) is 1. The van der Waals surface area contributed by atoms with E-state index in [0.29, 0.717) is 25.1 Å². The molecule has 0 saturated heterocycles. The van der Waals surface area contributed by atoms with E-state index >= 15 is 0 Å². The second-order valence-corrected chi connectivity index (χ2v) is 5.56. The van der Waals surface area contributed by atoms with E-state index in [1.54, 1.807) is 22.7 Å². The van der Waals surface area contributed by atoms with Crippen molar-refractivity contribution in [1.82, 2.24) is 19.7 Å². The minimum atomic E-state index is 0.0150. The Labute approximate surface area is 134 Å². The van der Waals surface area contributed by atoms with Crippen molar-refractivity contribution in [2.24, 2.45) is 0 Å². The molecule has 7 heteroatoms. The molecule has 0 unspecified atom stereocenters. The normalized spacial score (nSPS) is 13.5. The first-order chi connectivity index (χ1) is 11.0. The number of amides is 1. The molecule has 0 aromatic carbocycles. The van der Waals surface area contributed by atoms with Gasteiger partial charge in [0.05, 0.1) is 11.9 Å². The van der Waals surface area contributed by atoms with Crippen molar-refractivity contribution in [3.05, 3.63) is 29.2 Å². The summed E-state index contributed by atoms with van der Waals surface area (Å²) in [5.74, 6) is 0.253. The topological polar surface area (TPSA) is 101 Å². The minimum Gasteiger partial charge on any atom is -0.383 e. The Bertz CT molecular complexity index is 817. The lowest BCUT2D eigenvalue weighted by Crippen LogP contribution is -2.35. The molecule has 2 N–H and O–H groups in total. The van der Waals surface area contributed by atoms with Gasteiger partial charge in [0.15, 0.2) is 0 Å². The van der Waals surface area contributed by atoms with E-state index in [-0.39, 0.29) is 11.7 Å². The molecular weight excluding hydrogens is 292 g/mol. The monoisotopic (exact) mass is 310 g/mol. The quantitative estimate of drug-likeness (QED) is 0.901. The third kappa shape index (κ3) is 2.52. The van der Waals surface area contributed by atoms with Crippen LogP contribution in [0.5, 0.6) is 0 Å². The van der Waals surface area contributed by atoms with Gasteiger partial charge in [-0.05, 0) is 6.92 Å². The van der Waals surface area contributed by atoms with Gasteiger partial charge in [-0.1, -0.05) is 0 Å². The van der Waals surface area contributed by atoms with Crippen LogP contribution in [-0.2, 0) is 24.3 Å². The highest BCUT2D eigenvalue weighted by Gasteiger charge is 2.26. The molecule has 2 aromatic rings. The van der Waals surface area contributed by atoms with Crippen LogP contribution in [0, 0.1) is 11.3 Å². The minimum absolute atomic E-state index is 0.0150. The molecule has 2 aromatic heterocycles. The SMILES string of the molecule is CCn1cc(-c2c(C#N)c(N)nc3c2CN(C(C)=O)CC3)cn1. The van der Waals surface area contributed by atoms with Gasteiger partial charge in [-0.25, -0.2) is 4.98 Å². The third-order valence-corrected chi connectivity index (χ3v) is 4.18. The van der Waals surface area contributed by atoms with Crippen molar-refractivity contribution in [1.29, 1.82) is 5.26 Å². The molecule has 0 spiro atoms. The summed E-state index contributed by atoms with van der Waals surface area (Å²) in [6, 6.07) is 2.16. The van der Waals surface area contributed by atoms with Gasteiger partial charge in [-0.2, -0.15) is 10.4 Å². The Kier molecular flexibility index (Phi) is 3.74. The Morgan fingerprint density at radius 3 is 2.91 bits per heavy atom. The standard InChI is InChI=1S/C16H18N6O/c1-3-22-8-11(7-19-22)15-12(6-17)16(18)20-14-4-5-21(10(2)23)9-13(14)15/h7-8H,3-5,9H2,1-2H3,(H2,18,20). The predicted octanol–water partition coefficient (Wildman–Crippen LogP) is 1.32. The van der Waals surface area contributed by atoms with Crippen LogP contribution >= 0.6 is 0 Å². The van der Waals surface area contributed by atoms with Gasteiger partial charge in [0.1, 0.15) is 17.5 Å². The number of carbonyl (C=O) groups excluding carboxylic acids is 1. The van der Waals surface area contributed by atoms with E-state index < -0.39 is 0 Å². The first kappa shape index (κ1) is 15.0. The summed E-state index contributed by atoms with van der Waals surface area (Å²) in [4.78, 5) is 17.9. The van der Waals surface area contributed by atoms with Crippen LogP contribution in [0.1, 0.15) is 30.7 Å². The van der Waals surface area contributed by atoms with E-state index in [4.69, 9.17) is 5.73 Å². The summed E-state index contributed by atoms with van der Waals surface area (Å²) < 4.78 is 1.80. The average Bonchev–Trinajstić information content (AvgIpc) is 3.01. The van der Waals surface area contributed by atoms with Gasteiger partial charge in [0, 0.05) is 55.9 Å². The van der Waals surface area contributed by atoms with Crippen LogP contribution in [0.4, 0.5) is 5.82 Å². The van der Waals surface area contributed by atoms with Crippen LogP contribution in [0.25, 0.3) is 11.1 Å². The fraction of sp³-hybridized carbons (Fsp3) is 0.375. The highest BCUT2D eigenvalue weighted by atomic mass is 16.2. The van der Waals surface area contributed by atoms with E-state index in [9.17, 15) is 10.1 Å². The number of hydrogen-bond donors (Lipinski definition) is 1. The van der Waals surface area contributed by atoms with Crippen molar-refractivity contribution < 1.29 is 4.79 Å². The van der Waals surface area contributed by atoms with Crippen LogP contribution in [0.3, 0.4) is 0 Å². The molecule has 1 aliphatic rings. The van der Waals surface area contributed by atoms with Crippen molar-refractivity contribution in [3.63, 3.8) is 0 Å². The molecule has 7 nitrogen and oxygen atoms in total. The first-order valence-electron chi connectivity index (χ1n) is 7.54. The molecule has 0 fully saturated rings. The fourth-order valence-electron chi connectivity index (χ4n) is 2.95. The maximum atomic E-state index is 11.7. The highest BCUT2D eigenvalue weighted by Crippen LogP contribution is 2.34. The lowest BCUT2D eigenvalue weighted by molar-refractivity contribution is -0.129. The number of nitrogen functional groups attached to an aromatic ring is 1. The molecule has 23 heavy (non-hydrogen) atoms. The number of aromatic nitrogens is 3. The maximum absolute atomic E-state index is 11.7. The van der Waals surface area contributed by atoms with E-state index in [1.165, 1.54) is 0 Å². The number of pyridine rings is 1. The van der Waals surface area contributed by atoms with Gasteiger partial charge in [0.25, 0.3) is 0 Å².